The number of benzene rings is 2. The lowest BCUT2D eigenvalue weighted by atomic mass is 10.2. The van der Waals surface area contributed by atoms with Crippen LogP contribution in [-0.2, 0) is 5.75 Å². The molecule has 5 nitrogen and oxygen atoms in total. The van der Waals surface area contributed by atoms with Crippen molar-refractivity contribution in [2.75, 3.05) is 0 Å². The molecule has 2 aromatic carbocycles. The minimum absolute atomic E-state index is 0.424. The number of fused-ring (bicyclic) bond motifs is 1. The number of halogens is 1. The molecule has 0 amide bonds. The number of nitrogens with two attached hydrogens (primary N) is 1. The van der Waals surface area contributed by atoms with E-state index in [9.17, 15) is 0 Å². The van der Waals surface area contributed by atoms with Crippen LogP contribution in [0.2, 0.25) is 5.15 Å². The summed E-state index contributed by atoms with van der Waals surface area (Å²) in [5.41, 5.74) is 8.73. The third kappa shape index (κ3) is 4.12. The maximum absolute atomic E-state index is 6.02. The lowest BCUT2D eigenvalue weighted by molar-refractivity contribution is 1.12. The third-order valence-electron chi connectivity index (χ3n) is 3.12. The van der Waals surface area contributed by atoms with Crippen LogP contribution in [0.15, 0.2) is 58.7 Å². The van der Waals surface area contributed by atoms with Crippen LogP contribution in [-0.4, -0.2) is 21.6 Å². The molecule has 3 N–H and O–H groups in total. The van der Waals surface area contributed by atoms with Gasteiger partial charge in [-0.05, 0) is 23.3 Å². The van der Waals surface area contributed by atoms with E-state index in [4.69, 9.17) is 17.3 Å². The Hall–Kier alpha value is -2.31. The smallest absolute Gasteiger partial charge is 0.180 e. The topological polar surface area (TPSA) is 79.4 Å². The van der Waals surface area contributed by atoms with Crippen LogP contribution >= 0.6 is 23.4 Å². The van der Waals surface area contributed by atoms with E-state index in [0.29, 0.717) is 10.3 Å². The molecule has 0 aliphatic rings. The highest BCUT2D eigenvalue weighted by molar-refractivity contribution is 8.13. The third-order valence-corrected chi connectivity index (χ3v) is 4.27. The second-order valence-electron chi connectivity index (χ2n) is 4.77. The number of aromatic nitrogens is 2. The number of H-pyrrole nitrogens is 1. The van der Waals surface area contributed by atoms with Crippen molar-refractivity contribution < 1.29 is 0 Å². The Kier molecular flexibility index (Phi) is 4.95. The first-order chi connectivity index (χ1) is 11.2. The molecule has 0 unspecified atom stereocenters. The Bertz CT molecular complexity index is 857. The molecule has 7 heteroatoms. The molecule has 0 saturated carbocycles. The second-order valence-corrected chi connectivity index (χ2v) is 6.14. The molecule has 0 radical (unpaired) electrons. The van der Waals surface area contributed by atoms with Gasteiger partial charge in [-0.15, -0.1) is 5.10 Å². The van der Waals surface area contributed by atoms with E-state index in [1.807, 2.05) is 48.5 Å². The molecule has 116 valence electrons. The predicted octanol–water partition coefficient (Wildman–Crippen LogP) is 3.80. The Morgan fingerprint density at radius 3 is 2.91 bits per heavy atom. The number of thioether (sulfide) groups is 1. The van der Waals surface area contributed by atoms with Crippen LogP contribution < -0.4 is 5.73 Å². The first-order valence-electron chi connectivity index (χ1n) is 6.89. The molecular formula is C16H14ClN5S. The second kappa shape index (κ2) is 7.30. The van der Waals surface area contributed by atoms with E-state index in [0.717, 1.165) is 22.2 Å². The Balaban J connectivity index is 1.63. The summed E-state index contributed by atoms with van der Waals surface area (Å²) >= 11 is 7.46. The van der Waals surface area contributed by atoms with Crippen LogP contribution in [0.4, 0.5) is 0 Å². The predicted molar refractivity (Wildman–Crippen MR) is 98.1 cm³/mol. The van der Waals surface area contributed by atoms with Crippen molar-refractivity contribution in [3.63, 3.8) is 0 Å². The normalized spacial score (nSPS) is 12.3. The summed E-state index contributed by atoms with van der Waals surface area (Å²) in [5.74, 6) is 0.766. The first-order valence-corrected chi connectivity index (χ1v) is 8.25. The van der Waals surface area contributed by atoms with E-state index >= 15 is 0 Å². The summed E-state index contributed by atoms with van der Waals surface area (Å²) in [5, 5.41) is 16.6. The fourth-order valence-electron chi connectivity index (χ4n) is 1.99. The van der Waals surface area contributed by atoms with Gasteiger partial charge in [0, 0.05) is 11.1 Å². The minimum atomic E-state index is 0.424. The minimum Gasteiger partial charge on any atom is -0.377 e. The number of hydrogen-bond acceptors (Lipinski definition) is 4. The zero-order chi connectivity index (χ0) is 16.1. The van der Waals surface area contributed by atoms with Crippen LogP contribution in [0, 0.1) is 0 Å². The van der Waals surface area contributed by atoms with E-state index in [1.54, 1.807) is 6.21 Å². The van der Waals surface area contributed by atoms with Gasteiger partial charge in [-0.2, -0.15) is 10.2 Å². The zero-order valence-electron chi connectivity index (χ0n) is 12.1. The van der Waals surface area contributed by atoms with Gasteiger partial charge in [0.05, 0.1) is 11.7 Å². The average Bonchev–Trinajstić information content (AvgIpc) is 2.95. The first kappa shape index (κ1) is 15.6. The molecule has 23 heavy (non-hydrogen) atoms. The average molecular weight is 344 g/mol. The molecule has 3 aromatic rings. The van der Waals surface area contributed by atoms with Gasteiger partial charge in [-0.1, -0.05) is 59.8 Å². The van der Waals surface area contributed by atoms with Crippen molar-refractivity contribution in [2.24, 2.45) is 15.9 Å². The fourth-order valence-corrected chi connectivity index (χ4v) is 2.80. The van der Waals surface area contributed by atoms with Crippen molar-refractivity contribution in [1.82, 2.24) is 10.2 Å². The van der Waals surface area contributed by atoms with E-state index in [2.05, 4.69) is 20.4 Å². The molecule has 1 aromatic heterocycles. The standard InChI is InChI=1S/C16H14ClN5S/c17-15-13-8-12(6-7-14(13)20-21-15)9-19-22-16(18)23-10-11-4-2-1-3-5-11/h1-9H,10H2,(H2,18,22)(H,20,21). The highest BCUT2D eigenvalue weighted by Gasteiger charge is 2.02. The Morgan fingerprint density at radius 2 is 2.09 bits per heavy atom. The Morgan fingerprint density at radius 1 is 1.26 bits per heavy atom. The SMILES string of the molecule is NC(=NN=Cc1ccc2n[nH]c(Cl)c2c1)SCc1ccccc1. The van der Waals surface area contributed by atoms with Crippen molar-refractivity contribution in [2.45, 2.75) is 5.75 Å². The molecule has 0 saturated heterocycles. The van der Waals surface area contributed by atoms with Crippen molar-refractivity contribution >= 4 is 45.6 Å². The summed E-state index contributed by atoms with van der Waals surface area (Å²) in [6, 6.07) is 15.7. The molecule has 0 aliphatic heterocycles. The summed E-state index contributed by atoms with van der Waals surface area (Å²) < 4.78 is 0. The van der Waals surface area contributed by atoms with Gasteiger partial charge in [-0.25, -0.2) is 0 Å². The molecule has 0 bridgehead atoms. The van der Waals surface area contributed by atoms with Gasteiger partial charge in [0.1, 0.15) is 5.15 Å². The fraction of sp³-hybridized carbons (Fsp3) is 0.0625. The summed E-state index contributed by atoms with van der Waals surface area (Å²) in [6.45, 7) is 0. The van der Waals surface area contributed by atoms with Crippen LogP contribution in [0.3, 0.4) is 0 Å². The van der Waals surface area contributed by atoms with Gasteiger partial charge >= 0.3 is 0 Å². The molecule has 3 rings (SSSR count). The van der Waals surface area contributed by atoms with Crippen molar-refractivity contribution in [3.8, 4) is 0 Å². The summed E-state index contributed by atoms with van der Waals surface area (Å²) in [6.07, 6.45) is 1.64. The van der Waals surface area contributed by atoms with Gasteiger partial charge in [-0.3, -0.25) is 5.10 Å². The van der Waals surface area contributed by atoms with Crippen molar-refractivity contribution in [3.05, 3.63) is 64.8 Å². The monoisotopic (exact) mass is 343 g/mol. The summed E-state index contributed by atoms with van der Waals surface area (Å²) in [4.78, 5) is 0. The molecular weight excluding hydrogens is 330 g/mol. The highest BCUT2D eigenvalue weighted by atomic mass is 35.5. The molecule has 1 heterocycles. The number of hydrogen-bond donors (Lipinski definition) is 2. The van der Waals surface area contributed by atoms with Crippen LogP contribution in [0.5, 0.6) is 0 Å². The lowest BCUT2D eigenvalue weighted by Gasteiger charge is -1.99. The molecule has 0 aliphatic carbocycles. The zero-order valence-corrected chi connectivity index (χ0v) is 13.7. The summed E-state index contributed by atoms with van der Waals surface area (Å²) in [7, 11) is 0. The van der Waals surface area contributed by atoms with E-state index in [-0.39, 0.29) is 0 Å². The molecule has 0 fully saturated rings. The number of rotatable bonds is 4. The Labute approximate surface area is 142 Å². The van der Waals surface area contributed by atoms with Gasteiger partial charge < -0.3 is 5.73 Å². The molecule has 0 spiro atoms. The number of amidine groups is 1. The number of nitrogens with one attached hydrogen (secondary N) is 1. The maximum atomic E-state index is 6.02. The quantitative estimate of drug-likeness (QED) is 0.429. The van der Waals surface area contributed by atoms with Crippen LogP contribution in [0.25, 0.3) is 10.9 Å². The van der Waals surface area contributed by atoms with Crippen molar-refractivity contribution in [1.29, 1.82) is 0 Å². The largest absolute Gasteiger partial charge is 0.377 e. The van der Waals surface area contributed by atoms with Gasteiger partial charge in [0.25, 0.3) is 0 Å². The van der Waals surface area contributed by atoms with E-state index < -0.39 is 0 Å². The highest BCUT2D eigenvalue weighted by Crippen LogP contribution is 2.20. The maximum Gasteiger partial charge on any atom is 0.180 e. The van der Waals surface area contributed by atoms with Crippen LogP contribution in [0.1, 0.15) is 11.1 Å². The lowest BCUT2D eigenvalue weighted by Crippen LogP contribution is -2.05. The van der Waals surface area contributed by atoms with E-state index in [1.165, 1.54) is 17.3 Å². The number of aromatic amines is 1. The molecule has 0 atom stereocenters. The van der Waals surface area contributed by atoms with Gasteiger partial charge in [0.2, 0.25) is 0 Å². The number of nitrogens with zero attached hydrogens (tertiary/aromatic N) is 3. The van der Waals surface area contributed by atoms with Gasteiger partial charge in [0.15, 0.2) is 5.17 Å².